The van der Waals surface area contributed by atoms with Crippen LogP contribution in [0.15, 0.2) is 18.2 Å². The Kier molecular flexibility index (Phi) is 6.43. The zero-order valence-corrected chi connectivity index (χ0v) is 14.4. The van der Waals surface area contributed by atoms with Gasteiger partial charge in [0.15, 0.2) is 0 Å². The van der Waals surface area contributed by atoms with Crippen molar-refractivity contribution >= 4 is 17.7 Å². The van der Waals surface area contributed by atoms with Crippen molar-refractivity contribution in [2.45, 2.75) is 38.0 Å². The lowest BCUT2D eigenvalue weighted by Gasteiger charge is -2.25. The Bertz CT molecular complexity index is 507. The van der Waals surface area contributed by atoms with Gasteiger partial charge in [-0.25, -0.2) is 0 Å². The molecule has 0 saturated carbocycles. The maximum Gasteiger partial charge on any atom is 0.223 e. The summed E-state index contributed by atoms with van der Waals surface area (Å²) in [6.45, 7) is 2.97. The smallest absolute Gasteiger partial charge is 0.223 e. The van der Waals surface area contributed by atoms with Crippen LogP contribution in [0, 0.1) is 0 Å². The monoisotopic (exact) mass is 323 g/mol. The van der Waals surface area contributed by atoms with Crippen LogP contribution in [0.1, 0.15) is 43.5 Å². The minimum absolute atomic E-state index is 0.0509. The molecule has 0 aromatic heterocycles. The summed E-state index contributed by atoms with van der Waals surface area (Å²) in [6, 6.07) is 5.82. The number of unbranched alkanes of at least 4 members (excludes halogenated alkanes) is 2. The van der Waals surface area contributed by atoms with Gasteiger partial charge in [0.25, 0.3) is 0 Å². The lowest BCUT2D eigenvalue weighted by Crippen LogP contribution is -2.30. The molecule has 5 heteroatoms. The Labute approximate surface area is 137 Å². The van der Waals surface area contributed by atoms with Crippen molar-refractivity contribution in [3.05, 3.63) is 23.8 Å². The Morgan fingerprint density at radius 1 is 1.32 bits per heavy atom. The molecule has 1 aromatic carbocycles. The summed E-state index contributed by atoms with van der Waals surface area (Å²) in [6.07, 6.45) is 3.87. The van der Waals surface area contributed by atoms with Gasteiger partial charge in [0.2, 0.25) is 5.91 Å². The summed E-state index contributed by atoms with van der Waals surface area (Å²) in [7, 11) is 3.30. The standard InChI is InChI=1S/C17H25NO3S/c1-4-5-6-7-16(19)18-10-11-22-17(18)14-9-8-13(20-2)12-15(14)21-3/h8-9,12,17H,4-7,10-11H2,1-3H3. The molecule has 2 rings (SSSR count). The van der Waals surface area contributed by atoms with Crippen molar-refractivity contribution in [3.63, 3.8) is 0 Å². The number of rotatable bonds is 7. The molecule has 0 N–H and O–H groups in total. The highest BCUT2D eigenvalue weighted by Crippen LogP contribution is 2.43. The zero-order chi connectivity index (χ0) is 15.9. The third-order valence-corrected chi connectivity index (χ3v) is 5.15. The van der Waals surface area contributed by atoms with Gasteiger partial charge in [-0.3, -0.25) is 4.79 Å². The van der Waals surface area contributed by atoms with E-state index in [0.29, 0.717) is 6.42 Å². The molecule has 0 aliphatic carbocycles. The molecule has 1 unspecified atom stereocenters. The van der Waals surface area contributed by atoms with Gasteiger partial charge in [0, 0.05) is 30.3 Å². The highest BCUT2D eigenvalue weighted by molar-refractivity contribution is 7.99. The number of amides is 1. The maximum atomic E-state index is 12.5. The van der Waals surface area contributed by atoms with Gasteiger partial charge < -0.3 is 14.4 Å². The number of carbonyl (C=O) groups excluding carboxylic acids is 1. The number of methoxy groups -OCH3 is 2. The Balaban J connectivity index is 2.14. The minimum Gasteiger partial charge on any atom is -0.497 e. The van der Waals surface area contributed by atoms with Crippen molar-refractivity contribution in [1.82, 2.24) is 4.90 Å². The van der Waals surface area contributed by atoms with E-state index in [2.05, 4.69) is 6.92 Å². The van der Waals surface area contributed by atoms with E-state index in [1.54, 1.807) is 26.0 Å². The molecule has 0 bridgehead atoms. The van der Waals surface area contributed by atoms with Gasteiger partial charge in [0.1, 0.15) is 16.9 Å². The first kappa shape index (κ1) is 17.0. The fourth-order valence-corrected chi connectivity index (χ4v) is 3.98. The van der Waals surface area contributed by atoms with E-state index in [-0.39, 0.29) is 11.3 Å². The first-order chi connectivity index (χ1) is 10.7. The minimum atomic E-state index is 0.0509. The predicted molar refractivity (Wildman–Crippen MR) is 90.6 cm³/mol. The Hall–Kier alpha value is -1.36. The highest BCUT2D eigenvalue weighted by atomic mass is 32.2. The number of hydrogen-bond acceptors (Lipinski definition) is 4. The number of hydrogen-bond donors (Lipinski definition) is 0. The van der Waals surface area contributed by atoms with E-state index in [4.69, 9.17) is 9.47 Å². The molecule has 122 valence electrons. The molecule has 1 amide bonds. The third-order valence-electron chi connectivity index (χ3n) is 3.91. The van der Waals surface area contributed by atoms with Gasteiger partial charge >= 0.3 is 0 Å². The molecular formula is C17H25NO3S. The highest BCUT2D eigenvalue weighted by Gasteiger charge is 2.32. The van der Waals surface area contributed by atoms with Gasteiger partial charge in [-0.1, -0.05) is 19.8 Å². The number of carbonyl (C=O) groups is 1. The second-order valence-corrected chi connectivity index (χ2v) is 6.56. The molecular weight excluding hydrogens is 298 g/mol. The van der Waals surface area contributed by atoms with E-state index < -0.39 is 0 Å². The van der Waals surface area contributed by atoms with Crippen LogP contribution < -0.4 is 9.47 Å². The number of benzene rings is 1. The fraction of sp³-hybridized carbons (Fsp3) is 0.588. The number of ether oxygens (including phenoxy) is 2. The topological polar surface area (TPSA) is 38.8 Å². The van der Waals surface area contributed by atoms with Crippen LogP contribution >= 0.6 is 11.8 Å². The van der Waals surface area contributed by atoms with Crippen molar-refractivity contribution in [3.8, 4) is 11.5 Å². The van der Waals surface area contributed by atoms with Gasteiger partial charge in [-0.15, -0.1) is 11.8 Å². The summed E-state index contributed by atoms with van der Waals surface area (Å²) < 4.78 is 10.7. The largest absolute Gasteiger partial charge is 0.497 e. The van der Waals surface area contributed by atoms with Crippen LogP contribution in [-0.2, 0) is 4.79 Å². The average Bonchev–Trinajstić information content (AvgIpc) is 3.03. The van der Waals surface area contributed by atoms with Crippen LogP contribution in [-0.4, -0.2) is 37.3 Å². The van der Waals surface area contributed by atoms with E-state index in [9.17, 15) is 4.79 Å². The SMILES string of the molecule is CCCCCC(=O)N1CCSC1c1ccc(OC)cc1OC. The van der Waals surface area contributed by atoms with Crippen LogP contribution in [0.5, 0.6) is 11.5 Å². The van der Waals surface area contributed by atoms with E-state index in [1.807, 2.05) is 23.1 Å². The van der Waals surface area contributed by atoms with Crippen LogP contribution in [0.4, 0.5) is 0 Å². The first-order valence-electron chi connectivity index (χ1n) is 7.84. The van der Waals surface area contributed by atoms with Crippen LogP contribution in [0.2, 0.25) is 0 Å². The van der Waals surface area contributed by atoms with E-state index >= 15 is 0 Å². The first-order valence-corrected chi connectivity index (χ1v) is 8.89. The second-order valence-electron chi connectivity index (χ2n) is 5.38. The third kappa shape index (κ3) is 3.88. The molecule has 1 aliphatic heterocycles. The maximum absolute atomic E-state index is 12.5. The summed E-state index contributed by atoms with van der Waals surface area (Å²) in [5.74, 6) is 2.77. The van der Waals surface area contributed by atoms with Crippen molar-refractivity contribution < 1.29 is 14.3 Å². The molecule has 0 radical (unpaired) electrons. The molecule has 1 atom stereocenters. The number of nitrogens with zero attached hydrogens (tertiary/aromatic N) is 1. The Morgan fingerprint density at radius 3 is 2.82 bits per heavy atom. The molecule has 1 aliphatic rings. The van der Waals surface area contributed by atoms with Crippen molar-refractivity contribution in [2.24, 2.45) is 0 Å². The van der Waals surface area contributed by atoms with Gasteiger partial charge in [-0.05, 0) is 18.6 Å². The molecule has 1 saturated heterocycles. The normalized spacial score (nSPS) is 17.6. The van der Waals surface area contributed by atoms with Gasteiger partial charge in [0.05, 0.1) is 14.2 Å². The van der Waals surface area contributed by atoms with E-state index in [1.165, 1.54) is 0 Å². The zero-order valence-electron chi connectivity index (χ0n) is 13.6. The molecule has 1 heterocycles. The Morgan fingerprint density at radius 2 is 2.14 bits per heavy atom. The molecule has 22 heavy (non-hydrogen) atoms. The van der Waals surface area contributed by atoms with E-state index in [0.717, 1.165) is 48.6 Å². The summed E-state index contributed by atoms with van der Waals surface area (Å²) in [5.41, 5.74) is 1.05. The fourth-order valence-electron chi connectivity index (χ4n) is 2.68. The average molecular weight is 323 g/mol. The molecule has 4 nitrogen and oxygen atoms in total. The van der Waals surface area contributed by atoms with Crippen LogP contribution in [0.3, 0.4) is 0 Å². The molecule has 1 fully saturated rings. The predicted octanol–water partition coefficient (Wildman–Crippen LogP) is 3.86. The molecule has 1 aromatic rings. The second kappa shape index (κ2) is 8.32. The summed E-state index contributed by atoms with van der Waals surface area (Å²) >= 11 is 1.80. The quantitative estimate of drug-likeness (QED) is 0.714. The van der Waals surface area contributed by atoms with Crippen LogP contribution in [0.25, 0.3) is 0 Å². The van der Waals surface area contributed by atoms with Crippen molar-refractivity contribution in [2.75, 3.05) is 26.5 Å². The van der Waals surface area contributed by atoms with Crippen molar-refractivity contribution in [1.29, 1.82) is 0 Å². The lowest BCUT2D eigenvalue weighted by molar-refractivity contribution is -0.131. The lowest BCUT2D eigenvalue weighted by atomic mass is 10.1. The number of thioether (sulfide) groups is 1. The molecule has 0 spiro atoms. The van der Waals surface area contributed by atoms with Gasteiger partial charge in [-0.2, -0.15) is 0 Å². The summed E-state index contributed by atoms with van der Waals surface area (Å²) in [4.78, 5) is 14.5. The summed E-state index contributed by atoms with van der Waals surface area (Å²) in [5, 5.41) is 0.0509.